The van der Waals surface area contributed by atoms with Crippen molar-refractivity contribution in [1.82, 2.24) is 4.90 Å². The van der Waals surface area contributed by atoms with E-state index in [1.165, 1.54) is 0 Å². The number of amides is 1. The molecule has 1 rings (SSSR count). The Morgan fingerprint density at radius 3 is 1.79 bits per heavy atom. The van der Waals surface area contributed by atoms with Gasteiger partial charge in [0.15, 0.2) is 0 Å². The highest BCUT2D eigenvalue weighted by Gasteiger charge is 2.30. The summed E-state index contributed by atoms with van der Waals surface area (Å²) in [5, 5.41) is 0. The van der Waals surface area contributed by atoms with Crippen LogP contribution in [0.15, 0.2) is 0 Å². The predicted octanol–water partition coefficient (Wildman–Crippen LogP) is 3.04. The van der Waals surface area contributed by atoms with Crippen LogP contribution < -0.4 is 0 Å². The van der Waals surface area contributed by atoms with Gasteiger partial charge in [-0.3, -0.25) is 4.79 Å². The number of methoxy groups -OCH3 is 1. The summed E-state index contributed by atoms with van der Waals surface area (Å²) in [7, 11) is 1.71. The summed E-state index contributed by atoms with van der Waals surface area (Å²) in [6.45, 7) is 13.0. The average molecular weight is 273 g/mol. The van der Waals surface area contributed by atoms with Crippen LogP contribution in [0.5, 0.6) is 0 Å². The van der Waals surface area contributed by atoms with Crippen LogP contribution in [-0.2, 0) is 14.3 Å². The van der Waals surface area contributed by atoms with E-state index in [0.29, 0.717) is 6.42 Å². The molecule has 114 valence electrons. The van der Waals surface area contributed by atoms with Crippen molar-refractivity contribution in [3.63, 3.8) is 0 Å². The zero-order valence-corrected chi connectivity index (χ0v) is 13.7. The zero-order valence-electron chi connectivity index (χ0n) is 13.7. The van der Waals surface area contributed by atoms with Gasteiger partial charge in [0.05, 0.1) is 5.60 Å². The lowest BCUT2D eigenvalue weighted by atomic mass is 10.0. The lowest BCUT2D eigenvalue weighted by molar-refractivity contribution is -0.120. The minimum absolute atomic E-state index is 0.0417. The van der Waals surface area contributed by atoms with Crippen molar-refractivity contribution in [2.45, 2.75) is 71.9 Å². The van der Waals surface area contributed by atoms with Crippen LogP contribution in [0.2, 0.25) is 0 Å². The molecule has 0 aromatic rings. The second-order valence-corrected chi connectivity index (χ2v) is 6.11. The summed E-state index contributed by atoms with van der Waals surface area (Å²) in [5.74, 6) is 0. The van der Waals surface area contributed by atoms with Crippen LogP contribution in [0.1, 0.15) is 60.8 Å². The Kier molecular flexibility index (Phi) is 10.7. The average Bonchev–Trinajstić information content (AvgIpc) is 2.68. The Hall–Kier alpha value is -0.900. The standard InChI is InChI=1S/C7H13NO.C5H12O.C3H6O/c1-7(2)4-3-5-8(7)6-9;1-5(2,3)6-4;1-2-3-4/h6H,3-5H2,1-2H3;1-4H3;3H,2H2,1H3. The molecule has 0 radical (unpaired) electrons. The molecule has 0 atom stereocenters. The molecule has 1 fully saturated rings. The summed E-state index contributed by atoms with van der Waals surface area (Å²) < 4.78 is 4.94. The third-order valence-corrected chi connectivity index (χ3v) is 2.87. The fraction of sp³-hybridized carbons (Fsp3) is 0.867. The molecule has 4 nitrogen and oxygen atoms in total. The molecular weight excluding hydrogens is 242 g/mol. The summed E-state index contributed by atoms with van der Waals surface area (Å²) in [5.41, 5.74) is 0.168. The first-order valence-electron chi connectivity index (χ1n) is 6.85. The molecule has 1 heterocycles. The minimum Gasteiger partial charge on any atom is -0.379 e. The fourth-order valence-electron chi connectivity index (χ4n) is 1.32. The van der Waals surface area contributed by atoms with E-state index in [9.17, 15) is 9.59 Å². The van der Waals surface area contributed by atoms with Gasteiger partial charge in [-0.15, -0.1) is 0 Å². The molecule has 0 aromatic heterocycles. The van der Waals surface area contributed by atoms with Gasteiger partial charge in [0.25, 0.3) is 0 Å². The Morgan fingerprint density at radius 1 is 1.26 bits per heavy atom. The van der Waals surface area contributed by atoms with Crippen LogP contribution in [0, 0.1) is 0 Å². The maximum Gasteiger partial charge on any atom is 0.210 e. The van der Waals surface area contributed by atoms with Crippen LogP contribution in [0.25, 0.3) is 0 Å². The maximum atomic E-state index is 10.3. The van der Waals surface area contributed by atoms with Gasteiger partial charge in [-0.05, 0) is 47.5 Å². The van der Waals surface area contributed by atoms with Gasteiger partial charge in [-0.1, -0.05) is 6.92 Å². The van der Waals surface area contributed by atoms with E-state index in [4.69, 9.17) is 4.74 Å². The highest BCUT2D eigenvalue weighted by Crippen LogP contribution is 2.25. The summed E-state index contributed by atoms with van der Waals surface area (Å²) >= 11 is 0. The van der Waals surface area contributed by atoms with Crippen molar-refractivity contribution in [2.75, 3.05) is 13.7 Å². The molecule has 1 aliphatic rings. The van der Waals surface area contributed by atoms with Crippen LogP contribution in [-0.4, -0.2) is 42.4 Å². The van der Waals surface area contributed by atoms with Crippen LogP contribution >= 0.6 is 0 Å². The highest BCUT2D eigenvalue weighted by atomic mass is 16.5. The molecule has 1 saturated heterocycles. The van der Waals surface area contributed by atoms with Gasteiger partial charge in [0, 0.05) is 25.6 Å². The van der Waals surface area contributed by atoms with Gasteiger partial charge in [-0.25, -0.2) is 0 Å². The largest absolute Gasteiger partial charge is 0.379 e. The second-order valence-electron chi connectivity index (χ2n) is 6.11. The molecule has 0 aromatic carbocycles. The fourth-order valence-corrected chi connectivity index (χ4v) is 1.32. The maximum absolute atomic E-state index is 10.3. The van der Waals surface area contributed by atoms with Gasteiger partial charge in [0.1, 0.15) is 6.29 Å². The number of carbonyl (C=O) groups excluding carboxylic acids is 2. The quantitative estimate of drug-likeness (QED) is 0.726. The monoisotopic (exact) mass is 273 g/mol. The van der Waals surface area contributed by atoms with E-state index in [2.05, 4.69) is 13.8 Å². The molecule has 0 saturated carbocycles. The van der Waals surface area contributed by atoms with Gasteiger partial charge >= 0.3 is 0 Å². The third-order valence-electron chi connectivity index (χ3n) is 2.87. The van der Waals surface area contributed by atoms with Crippen molar-refractivity contribution < 1.29 is 14.3 Å². The number of aldehydes is 1. The SMILES string of the molecule is CC1(C)CCCN1C=O.CCC=O.COC(C)(C)C. The molecule has 0 N–H and O–H groups in total. The molecule has 0 bridgehead atoms. The number of nitrogens with zero attached hydrogens (tertiary/aromatic N) is 1. The normalized spacial score (nSPS) is 16.7. The topological polar surface area (TPSA) is 46.6 Å². The lowest BCUT2D eigenvalue weighted by Crippen LogP contribution is -2.36. The van der Waals surface area contributed by atoms with Gasteiger partial charge < -0.3 is 14.4 Å². The Labute approximate surface area is 118 Å². The Balaban J connectivity index is 0. The molecule has 1 aliphatic heterocycles. The van der Waals surface area contributed by atoms with Crippen molar-refractivity contribution in [3.05, 3.63) is 0 Å². The molecule has 0 spiro atoms. The van der Waals surface area contributed by atoms with E-state index in [0.717, 1.165) is 32.1 Å². The number of likely N-dealkylation sites (tertiary alicyclic amines) is 1. The van der Waals surface area contributed by atoms with Crippen LogP contribution in [0.4, 0.5) is 0 Å². The van der Waals surface area contributed by atoms with E-state index < -0.39 is 0 Å². The first-order valence-corrected chi connectivity index (χ1v) is 6.85. The zero-order chi connectivity index (χ0) is 15.5. The number of ether oxygens (including phenoxy) is 1. The number of carbonyl (C=O) groups is 2. The van der Waals surface area contributed by atoms with Crippen molar-refractivity contribution >= 4 is 12.7 Å². The minimum atomic E-state index is 0.0417. The predicted molar refractivity (Wildman–Crippen MR) is 79.2 cm³/mol. The molecule has 4 heteroatoms. The molecular formula is C15H31NO3. The van der Waals surface area contributed by atoms with E-state index in [1.807, 2.05) is 32.6 Å². The molecule has 0 aliphatic carbocycles. The van der Waals surface area contributed by atoms with Gasteiger partial charge in [0.2, 0.25) is 6.41 Å². The summed E-state index contributed by atoms with van der Waals surface area (Å²) in [6.07, 6.45) is 4.77. The van der Waals surface area contributed by atoms with Crippen molar-refractivity contribution in [2.24, 2.45) is 0 Å². The summed E-state index contributed by atoms with van der Waals surface area (Å²) in [6, 6.07) is 0. The van der Waals surface area contributed by atoms with Crippen molar-refractivity contribution in [3.8, 4) is 0 Å². The van der Waals surface area contributed by atoms with Crippen molar-refractivity contribution in [1.29, 1.82) is 0 Å². The van der Waals surface area contributed by atoms with E-state index in [1.54, 1.807) is 7.11 Å². The van der Waals surface area contributed by atoms with E-state index >= 15 is 0 Å². The Morgan fingerprint density at radius 2 is 1.68 bits per heavy atom. The smallest absolute Gasteiger partial charge is 0.210 e. The number of rotatable bonds is 2. The third kappa shape index (κ3) is 11.9. The first-order chi connectivity index (χ1) is 8.64. The molecule has 19 heavy (non-hydrogen) atoms. The highest BCUT2D eigenvalue weighted by molar-refractivity contribution is 5.49. The molecule has 0 unspecified atom stereocenters. The second kappa shape index (κ2) is 9.96. The van der Waals surface area contributed by atoms with E-state index in [-0.39, 0.29) is 11.1 Å². The van der Waals surface area contributed by atoms with Gasteiger partial charge in [-0.2, -0.15) is 0 Å². The summed E-state index contributed by atoms with van der Waals surface area (Å²) in [4.78, 5) is 21.4. The Bertz CT molecular complexity index is 244. The van der Waals surface area contributed by atoms with Crippen LogP contribution in [0.3, 0.4) is 0 Å². The number of hydrogen-bond acceptors (Lipinski definition) is 3. The first kappa shape index (κ1) is 20.4. The molecule has 1 amide bonds. The lowest BCUT2D eigenvalue weighted by Gasteiger charge is -2.27. The number of hydrogen-bond donors (Lipinski definition) is 0.